The van der Waals surface area contributed by atoms with Crippen molar-refractivity contribution in [3.05, 3.63) is 18.0 Å². The molecule has 1 aliphatic heterocycles. The Kier molecular flexibility index (Phi) is 3.79. The number of carbonyl (C=O) groups excluding carboxylic acids is 1. The zero-order chi connectivity index (χ0) is 15.9. The number of rotatable bonds is 5. The summed E-state index contributed by atoms with van der Waals surface area (Å²) in [6, 6.07) is 0.0631. The number of ether oxygens (including phenoxy) is 1. The summed E-state index contributed by atoms with van der Waals surface area (Å²) in [4.78, 5) is 14.4. The number of nitrogens with one attached hydrogen (secondary N) is 1. The Morgan fingerprint density at radius 3 is 2.96 bits per heavy atom. The molecule has 1 aromatic rings. The fraction of sp³-hybridized carbons (Fsp3) is 0.765. The maximum absolute atomic E-state index is 12.5. The van der Waals surface area contributed by atoms with Crippen LogP contribution in [0.2, 0.25) is 0 Å². The number of urea groups is 1. The number of hydrogen-bond acceptors (Lipinski definition) is 3. The lowest BCUT2D eigenvalue weighted by molar-refractivity contribution is -0.0156. The van der Waals surface area contributed by atoms with Gasteiger partial charge in [-0.1, -0.05) is 0 Å². The first-order valence-corrected chi connectivity index (χ1v) is 8.87. The lowest BCUT2D eigenvalue weighted by atomic mass is 10.0. The Morgan fingerprint density at radius 2 is 2.30 bits per heavy atom. The van der Waals surface area contributed by atoms with Crippen molar-refractivity contribution < 1.29 is 9.53 Å². The van der Waals surface area contributed by atoms with E-state index in [-0.39, 0.29) is 12.1 Å². The Bertz CT molecular complexity index is 577. The molecule has 6 heteroatoms. The topological polar surface area (TPSA) is 59.4 Å². The van der Waals surface area contributed by atoms with Crippen LogP contribution in [-0.4, -0.2) is 47.0 Å². The van der Waals surface area contributed by atoms with Gasteiger partial charge in [-0.05, 0) is 43.9 Å². The van der Waals surface area contributed by atoms with Gasteiger partial charge in [-0.25, -0.2) is 4.79 Å². The molecular weight excluding hydrogens is 292 g/mol. The summed E-state index contributed by atoms with van der Waals surface area (Å²) in [5.74, 6) is 0.875. The first kappa shape index (κ1) is 15.0. The maximum atomic E-state index is 12.5. The summed E-state index contributed by atoms with van der Waals surface area (Å²) in [5.41, 5.74) is 1.50. The summed E-state index contributed by atoms with van der Waals surface area (Å²) in [6.45, 7) is 5.62. The molecule has 0 spiro atoms. The van der Waals surface area contributed by atoms with E-state index < -0.39 is 0 Å². The van der Waals surface area contributed by atoms with Crippen molar-refractivity contribution in [2.75, 3.05) is 26.2 Å². The number of nitrogens with zero attached hydrogens (tertiary/aromatic N) is 3. The highest BCUT2D eigenvalue weighted by Crippen LogP contribution is 2.60. The molecular formula is C17H26N4O2. The van der Waals surface area contributed by atoms with Crippen LogP contribution in [0.1, 0.15) is 44.3 Å². The third-order valence-corrected chi connectivity index (χ3v) is 5.63. The second-order valence-corrected chi connectivity index (χ2v) is 7.23. The van der Waals surface area contributed by atoms with Crippen molar-refractivity contribution in [2.45, 2.75) is 45.3 Å². The molecule has 2 saturated carbocycles. The predicted octanol–water partition coefficient (Wildman–Crippen LogP) is 2.18. The van der Waals surface area contributed by atoms with Crippen LogP contribution >= 0.6 is 0 Å². The average molecular weight is 318 g/mol. The molecule has 2 heterocycles. The van der Waals surface area contributed by atoms with Crippen LogP contribution in [0, 0.1) is 11.3 Å². The molecule has 0 aromatic carbocycles. The molecule has 1 aromatic heterocycles. The second kappa shape index (κ2) is 5.82. The molecule has 4 rings (SSSR count). The van der Waals surface area contributed by atoms with Gasteiger partial charge in [0.25, 0.3) is 0 Å². The van der Waals surface area contributed by atoms with Gasteiger partial charge >= 0.3 is 6.03 Å². The molecule has 23 heavy (non-hydrogen) atoms. The highest BCUT2D eigenvalue weighted by molar-refractivity contribution is 5.74. The molecule has 2 amide bonds. The van der Waals surface area contributed by atoms with Gasteiger partial charge in [0, 0.05) is 31.4 Å². The molecule has 2 aliphatic carbocycles. The summed E-state index contributed by atoms with van der Waals surface area (Å²) in [7, 11) is 0. The quantitative estimate of drug-likeness (QED) is 0.905. The van der Waals surface area contributed by atoms with E-state index in [2.05, 4.69) is 17.3 Å². The van der Waals surface area contributed by atoms with E-state index in [1.54, 1.807) is 0 Å². The first-order valence-electron chi connectivity index (χ1n) is 8.87. The monoisotopic (exact) mass is 318 g/mol. The van der Waals surface area contributed by atoms with E-state index in [9.17, 15) is 4.79 Å². The van der Waals surface area contributed by atoms with Gasteiger partial charge in [0.2, 0.25) is 0 Å². The zero-order valence-electron chi connectivity index (χ0n) is 13.8. The Labute approximate surface area is 137 Å². The van der Waals surface area contributed by atoms with E-state index in [0.29, 0.717) is 25.1 Å². The molecule has 1 unspecified atom stereocenters. The predicted molar refractivity (Wildman–Crippen MR) is 86.0 cm³/mol. The number of carbonyl (C=O) groups is 1. The van der Waals surface area contributed by atoms with E-state index >= 15 is 0 Å². The van der Waals surface area contributed by atoms with Crippen LogP contribution in [0.15, 0.2) is 12.4 Å². The lowest BCUT2D eigenvalue weighted by Gasteiger charge is -2.33. The minimum absolute atomic E-state index is 0.0619. The van der Waals surface area contributed by atoms with Gasteiger partial charge in [-0.3, -0.25) is 4.68 Å². The molecule has 1 atom stereocenters. The van der Waals surface area contributed by atoms with Crippen molar-refractivity contribution in [2.24, 2.45) is 11.3 Å². The van der Waals surface area contributed by atoms with Crippen molar-refractivity contribution >= 4 is 6.03 Å². The van der Waals surface area contributed by atoms with E-state index in [0.717, 1.165) is 24.6 Å². The number of aromatic nitrogens is 2. The molecule has 1 saturated heterocycles. The van der Waals surface area contributed by atoms with Gasteiger partial charge in [0.15, 0.2) is 0 Å². The number of hydrogen-bond donors (Lipinski definition) is 1. The second-order valence-electron chi connectivity index (χ2n) is 7.23. The van der Waals surface area contributed by atoms with Gasteiger partial charge in [-0.15, -0.1) is 0 Å². The summed E-state index contributed by atoms with van der Waals surface area (Å²) in [6.07, 6.45) is 9.10. The van der Waals surface area contributed by atoms with Crippen LogP contribution in [0.5, 0.6) is 0 Å². The largest absolute Gasteiger partial charge is 0.370 e. The number of aryl methyl sites for hydroxylation is 1. The van der Waals surface area contributed by atoms with Crippen LogP contribution in [0.25, 0.3) is 0 Å². The lowest BCUT2D eigenvalue weighted by Crippen LogP contribution is -2.48. The van der Waals surface area contributed by atoms with Crippen LogP contribution < -0.4 is 5.32 Å². The SMILES string of the molecule is CCn1cc(C2CN(C(=O)NCC3(C4CC4)CC3)CCO2)cn1. The molecule has 0 radical (unpaired) electrons. The van der Waals surface area contributed by atoms with Crippen molar-refractivity contribution in [3.8, 4) is 0 Å². The van der Waals surface area contributed by atoms with Crippen LogP contribution in [0.3, 0.4) is 0 Å². The van der Waals surface area contributed by atoms with Crippen LogP contribution in [0.4, 0.5) is 4.79 Å². The van der Waals surface area contributed by atoms with E-state index in [1.165, 1.54) is 25.7 Å². The van der Waals surface area contributed by atoms with Gasteiger partial charge < -0.3 is 15.0 Å². The van der Waals surface area contributed by atoms with Crippen molar-refractivity contribution in [1.82, 2.24) is 20.0 Å². The maximum Gasteiger partial charge on any atom is 0.317 e. The van der Waals surface area contributed by atoms with Crippen LogP contribution in [-0.2, 0) is 11.3 Å². The minimum atomic E-state index is -0.0619. The number of morpholine rings is 1. The standard InChI is InChI=1S/C17H26N4O2/c1-2-21-10-13(9-19-21)15-11-20(7-8-23-15)16(22)18-12-17(5-6-17)14-3-4-14/h9-10,14-15H,2-8,11-12H2,1H3,(H,18,22). The highest BCUT2D eigenvalue weighted by atomic mass is 16.5. The van der Waals surface area contributed by atoms with E-state index in [1.807, 2.05) is 22.0 Å². The Morgan fingerprint density at radius 1 is 1.48 bits per heavy atom. The van der Waals surface area contributed by atoms with Crippen molar-refractivity contribution in [3.63, 3.8) is 0 Å². The first-order chi connectivity index (χ1) is 11.2. The fourth-order valence-electron chi connectivity index (χ4n) is 3.70. The third kappa shape index (κ3) is 3.09. The average Bonchev–Trinajstić information content (AvgIpc) is 3.50. The highest BCUT2D eigenvalue weighted by Gasteiger charge is 2.53. The minimum Gasteiger partial charge on any atom is -0.370 e. The fourth-order valence-corrected chi connectivity index (χ4v) is 3.70. The Balaban J connectivity index is 1.32. The van der Waals surface area contributed by atoms with Crippen molar-refractivity contribution in [1.29, 1.82) is 0 Å². The zero-order valence-corrected chi connectivity index (χ0v) is 13.8. The van der Waals surface area contributed by atoms with E-state index in [4.69, 9.17) is 4.74 Å². The third-order valence-electron chi connectivity index (χ3n) is 5.63. The molecule has 3 fully saturated rings. The molecule has 0 bridgehead atoms. The Hall–Kier alpha value is -1.56. The normalized spacial score (nSPS) is 26.1. The van der Waals surface area contributed by atoms with Gasteiger partial charge in [0.05, 0.1) is 19.3 Å². The summed E-state index contributed by atoms with van der Waals surface area (Å²) in [5, 5.41) is 7.48. The summed E-state index contributed by atoms with van der Waals surface area (Å²) >= 11 is 0. The number of amides is 2. The molecule has 6 nitrogen and oxygen atoms in total. The van der Waals surface area contributed by atoms with Gasteiger partial charge in [0.1, 0.15) is 6.10 Å². The molecule has 3 aliphatic rings. The summed E-state index contributed by atoms with van der Waals surface area (Å²) < 4.78 is 7.73. The molecule has 126 valence electrons. The molecule has 1 N–H and O–H groups in total. The van der Waals surface area contributed by atoms with Gasteiger partial charge in [-0.2, -0.15) is 5.10 Å². The smallest absolute Gasteiger partial charge is 0.317 e.